The van der Waals surface area contributed by atoms with E-state index in [9.17, 15) is 4.39 Å². The van der Waals surface area contributed by atoms with Gasteiger partial charge in [-0.15, -0.1) is 15.3 Å². The van der Waals surface area contributed by atoms with Gasteiger partial charge in [0.2, 0.25) is 0 Å². The molecule has 0 amide bonds. The van der Waals surface area contributed by atoms with Gasteiger partial charge in [0.1, 0.15) is 18.2 Å². The van der Waals surface area contributed by atoms with Gasteiger partial charge in [-0.2, -0.15) is 4.68 Å². The maximum absolute atomic E-state index is 14.3. The highest BCUT2D eigenvalue weighted by Crippen LogP contribution is 2.30. The fraction of sp³-hybridized carbons (Fsp3) is 0.138. The van der Waals surface area contributed by atoms with Crippen LogP contribution < -0.4 is 4.74 Å². The number of halogens is 1. The maximum atomic E-state index is 14.3. The van der Waals surface area contributed by atoms with Gasteiger partial charge in [0.15, 0.2) is 17.5 Å². The number of rotatable bonds is 6. The van der Waals surface area contributed by atoms with Crippen molar-refractivity contribution in [3.05, 3.63) is 102 Å². The van der Waals surface area contributed by atoms with Gasteiger partial charge in [0.25, 0.3) is 5.95 Å². The first-order valence-corrected chi connectivity index (χ1v) is 12.1. The fourth-order valence-corrected chi connectivity index (χ4v) is 4.45. The molecule has 38 heavy (non-hydrogen) atoms. The van der Waals surface area contributed by atoms with Crippen LogP contribution in [0.1, 0.15) is 17.1 Å². The molecule has 0 aliphatic heterocycles. The minimum Gasteiger partial charge on any atom is -0.485 e. The fourth-order valence-electron chi connectivity index (χ4n) is 4.45. The monoisotopic (exact) mass is 505 g/mol. The number of aryl methyl sites for hydroxylation is 2. The topological polar surface area (TPSA) is 83.5 Å². The van der Waals surface area contributed by atoms with Crippen LogP contribution in [0.25, 0.3) is 39.6 Å². The van der Waals surface area contributed by atoms with Crippen LogP contribution in [0.5, 0.6) is 5.75 Å². The van der Waals surface area contributed by atoms with E-state index in [0.717, 1.165) is 22.6 Å². The Morgan fingerprint density at radius 3 is 2.45 bits per heavy atom. The van der Waals surface area contributed by atoms with Gasteiger partial charge in [-0.05, 0) is 49.7 Å². The zero-order valence-corrected chi connectivity index (χ0v) is 21.1. The molecule has 0 spiro atoms. The normalized spacial score (nSPS) is 11.3. The number of ether oxygens (including phenoxy) is 1. The predicted molar refractivity (Wildman–Crippen MR) is 142 cm³/mol. The molecule has 9 heteroatoms. The Morgan fingerprint density at radius 1 is 0.842 bits per heavy atom. The van der Waals surface area contributed by atoms with Crippen LogP contribution in [0, 0.1) is 19.7 Å². The van der Waals surface area contributed by atoms with Crippen molar-refractivity contribution < 1.29 is 9.13 Å². The van der Waals surface area contributed by atoms with E-state index in [1.54, 1.807) is 10.7 Å². The molecule has 0 aliphatic rings. The average Bonchev–Trinajstić information content (AvgIpc) is 3.51. The van der Waals surface area contributed by atoms with E-state index in [2.05, 4.69) is 15.2 Å². The highest BCUT2D eigenvalue weighted by molar-refractivity contribution is 5.93. The third kappa shape index (κ3) is 4.28. The van der Waals surface area contributed by atoms with E-state index in [4.69, 9.17) is 14.8 Å². The summed E-state index contributed by atoms with van der Waals surface area (Å²) in [6.45, 7) is 4.02. The lowest BCUT2D eigenvalue weighted by atomic mass is 10.1. The number of nitrogens with zero attached hydrogens (tertiary/aromatic N) is 7. The molecule has 0 fully saturated rings. The van der Waals surface area contributed by atoms with Crippen molar-refractivity contribution in [2.75, 3.05) is 0 Å². The lowest BCUT2D eigenvalue weighted by Gasteiger charge is -2.10. The standard InChI is InChI=1S/C29H24FN7O/c1-18-9-7-8-12-25(18)38-17-26-32-28(23-15-19(2)31-24-14-13-21(30)16-22(23)24)37(35-26)29-34-33-27(36(29)3)20-10-5-4-6-11-20/h4-16H,17H2,1-3H3. The zero-order chi connectivity index (χ0) is 26.2. The number of hydrogen-bond acceptors (Lipinski definition) is 6. The molecule has 188 valence electrons. The van der Waals surface area contributed by atoms with E-state index in [1.165, 1.54) is 12.1 Å². The number of para-hydroxylation sites is 1. The first-order valence-electron chi connectivity index (χ1n) is 12.1. The van der Waals surface area contributed by atoms with Crippen molar-refractivity contribution in [3.63, 3.8) is 0 Å². The first-order chi connectivity index (χ1) is 18.5. The number of hydrogen-bond donors (Lipinski definition) is 0. The van der Waals surface area contributed by atoms with E-state index in [0.29, 0.717) is 39.9 Å². The number of benzene rings is 3. The SMILES string of the molecule is Cc1cc(-c2nc(COc3ccccc3C)nn2-c2nnc(-c3ccccc3)n2C)c2cc(F)ccc2n1. The summed E-state index contributed by atoms with van der Waals surface area (Å²) < 4.78 is 23.9. The Balaban J connectivity index is 1.51. The summed E-state index contributed by atoms with van der Waals surface area (Å²) in [7, 11) is 1.88. The van der Waals surface area contributed by atoms with Crippen molar-refractivity contribution in [2.45, 2.75) is 20.5 Å². The lowest BCUT2D eigenvalue weighted by molar-refractivity contribution is 0.294. The van der Waals surface area contributed by atoms with Crippen molar-refractivity contribution in [3.8, 4) is 34.5 Å². The molecular formula is C29H24FN7O. The molecule has 0 saturated carbocycles. The number of pyridine rings is 1. The molecule has 3 aromatic heterocycles. The third-order valence-corrected chi connectivity index (χ3v) is 6.31. The minimum absolute atomic E-state index is 0.143. The molecule has 0 radical (unpaired) electrons. The molecule has 0 N–H and O–H groups in total. The molecule has 3 aromatic carbocycles. The smallest absolute Gasteiger partial charge is 0.254 e. The van der Waals surface area contributed by atoms with E-state index < -0.39 is 0 Å². The summed E-state index contributed by atoms with van der Waals surface area (Å²) in [6, 6.07) is 24.0. The van der Waals surface area contributed by atoms with E-state index >= 15 is 0 Å². The van der Waals surface area contributed by atoms with Gasteiger partial charge in [0, 0.05) is 29.3 Å². The van der Waals surface area contributed by atoms with E-state index in [1.807, 2.05) is 86.1 Å². The largest absolute Gasteiger partial charge is 0.485 e. The van der Waals surface area contributed by atoms with Crippen LogP contribution in [0.2, 0.25) is 0 Å². The van der Waals surface area contributed by atoms with Crippen molar-refractivity contribution in [1.29, 1.82) is 0 Å². The Hall–Kier alpha value is -4.92. The second-order valence-corrected chi connectivity index (χ2v) is 9.04. The van der Waals surface area contributed by atoms with Gasteiger partial charge in [-0.3, -0.25) is 9.55 Å². The molecule has 0 bridgehead atoms. The molecule has 6 rings (SSSR count). The first kappa shape index (κ1) is 23.5. The van der Waals surface area contributed by atoms with Gasteiger partial charge in [0.05, 0.1) is 5.52 Å². The summed E-state index contributed by atoms with van der Waals surface area (Å²) in [6.07, 6.45) is 0. The van der Waals surface area contributed by atoms with Crippen molar-refractivity contribution >= 4 is 10.9 Å². The van der Waals surface area contributed by atoms with E-state index in [-0.39, 0.29) is 12.4 Å². The average molecular weight is 506 g/mol. The molecule has 0 unspecified atom stereocenters. The Kier molecular flexibility index (Phi) is 5.88. The molecule has 8 nitrogen and oxygen atoms in total. The Labute approximate surface area is 218 Å². The van der Waals surface area contributed by atoms with Crippen molar-refractivity contribution in [2.24, 2.45) is 7.05 Å². The zero-order valence-electron chi connectivity index (χ0n) is 21.1. The number of fused-ring (bicyclic) bond motifs is 1. The summed E-state index contributed by atoms with van der Waals surface area (Å²) >= 11 is 0. The quantitative estimate of drug-likeness (QED) is 0.292. The molecular weight excluding hydrogens is 481 g/mol. The van der Waals surface area contributed by atoms with Crippen LogP contribution in [0.3, 0.4) is 0 Å². The highest BCUT2D eigenvalue weighted by atomic mass is 19.1. The second kappa shape index (κ2) is 9.51. The summed E-state index contributed by atoms with van der Waals surface area (Å²) in [5.41, 5.74) is 4.06. The summed E-state index contributed by atoms with van der Waals surface area (Å²) in [5, 5.41) is 14.3. The van der Waals surface area contributed by atoms with Crippen LogP contribution >= 0.6 is 0 Å². The minimum atomic E-state index is -0.358. The predicted octanol–water partition coefficient (Wildman–Crippen LogP) is 5.61. The maximum Gasteiger partial charge on any atom is 0.254 e. The Morgan fingerprint density at radius 2 is 1.63 bits per heavy atom. The van der Waals surface area contributed by atoms with Crippen LogP contribution in [0.15, 0.2) is 78.9 Å². The molecule has 0 saturated heterocycles. The Bertz CT molecular complexity index is 1780. The molecule has 3 heterocycles. The van der Waals surface area contributed by atoms with Gasteiger partial charge in [-0.1, -0.05) is 48.5 Å². The van der Waals surface area contributed by atoms with Gasteiger partial charge in [-0.25, -0.2) is 9.37 Å². The van der Waals surface area contributed by atoms with Crippen molar-refractivity contribution in [1.82, 2.24) is 34.5 Å². The van der Waals surface area contributed by atoms with Crippen LogP contribution in [-0.4, -0.2) is 34.5 Å². The summed E-state index contributed by atoms with van der Waals surface area (Å²) in [5.74, 6) is 2.48. The number of aromatic nitrogens is 7. The second-order valence-electron chi connectivity index (χ2n) is 9.04. The molecule has 0 atom stereocenters. The van der Waals surface area contributed by atoms with Gasteiger partial charge < -0.3 is 4.74 Å². The third-order valence-electron chi connectivity index (χ3n) is 6.31. The molecule has 6 aromatic rings. The molecule has 0 aliphatic carbocycles. The summed E-state index contributed by atoms with van der Waals surface area (Å²) in [4.78, 5) is 9.42. The van der Waals surface area contributed by atoms with Crippen LogP contribution in [0.4, 0.5) is 4.39 Å². The van der Waals surface area contributed by atoms with Crippen LogP contribution in [-0.2, 0) is 13.7 Å². The lowest BCUT2D eigenvalue weighted by Crippen LogP contribution is -2.08. The highest BCUT2D eigenvalue weighted by Gasteiger charge is 2.22. The van der Waals surface area contributed by atoms with Gasteiger partial charge >= 0.3 is 0 Å².